The molecule has 2 aromatic rings. The van der Waals surface area contributed by atoms with Crippen LogP contribution in [0, 0.1) is 3.57 Å². The lowest BCUT2D eigenvalue weighted by atomic mass is 10.1. The number of hydrogen-bond acceptors (Lipinski definition) is 0. The van der Waals surface area contributed by atoms with E-state index in [9.17, 15) is 0 Å². The van der Waals surface area contributed by atoms with Crippen molar-refractivity contribution in [1.82, 2.24) is 0 Å². The van der Waals surface area contributed by atoms with Crippen molar-refractivity contribution in [3.63, 3.8) is 0 Å². The molecule has 1 heteroatoms. The molecular formula is C10H7I. The first-order valence-corrected chi connectivity index (χ1v) is 4.50. The van der Waals surface area contributed by atoms with Gasteiger partial charge in [-0.25, -0.2) is 0 Å². The molecule has 0 N–H and O–H groups in total. The maximum absolute atomic E-state index is 7.70. The van der Waals surface area contributed by atoms with Gasteiger partial charge in [-0.15, -0.1) is 0 Å². The number of halogens is 1. The normalized spacial score (nSPS) is 11.5. The molecule has 0 heterocycles. The molecule has 0 aliphatic heterocycles. The van der Waals surface area contributed by atoms with Crippen molar-refractivity contribution in [2.24, 2.45) is 0 Å². The van der Waals surface area contributed by atoms with Crippen molar-refractivity contribution < 1.29 is 1.37 Å². The largest absolute Gasteiger partial charge is 0.0630 e. The Morgan fingerprint density at radius 1 is 1.09 bits per heavy atom. The molecule has 0 aliphatic rings. The molecular weight excluding hydrogens is 247 g/mol. The van der Waals surface area contributed by atoms with Crippen molar-refractivity contribution in [2.75, 3.05) is 0 Å². The lowest BCUT2D eigenvalue weighted by Gasteiger charge is -1.95. The lowest BCUT2D eigenvalue weighted by molar-refractivity contribution is 1.70. The van der Waals surface area contributed by atoms with E-state index >= 15 is 0 Å². The molecule has 2 aromatic carbocycles. The predicted octanol–water partition coefficient (Wildman–Crippen LogP) is 3.44. The fourth-order valence-corrected chi connectivity index (χ4v) is 1.58. The molecule has 54 valence electrons. The molecule has 2 rings (SSSR count). The Morgan fingerprint density at radius 2 is 1.82 bits per heavy atom. The van der Waals surface area contributed by atoms with Gasteiger partial charge in [-0.2, -0.15) is 0 Å². The standard InChI is InChI=1S/C10H7I/c11-10-6-5-8-3-1-2-4-9(8)7-10/h1-7H/i5D. The van der Waals surface area contributed by atoms with Crippen LogP contribution in [0.5, 0.6) is 0 Å². The molecule has 0 saturated heterocycles. The Bertz CT molecular complexity index is 423. The highest BCUT2D eigenvalue weighted by molar-refractivity contribution is 14.1. The highest BCUT2D eigenvalue weighted by atomic mass is 127. The van der Waals surface area contributed by atoms with Crippen LogP contribution in [-0.4, -0.2) is 0 Å². The Hall–Kier alpha value is -0.570. The average Bonchev–Trinajstić information content (AvgIpc) is 2.04. The van der Waals surface area contributed by atoms with Crippen LogP contribution in [0.3, 0.4) is 0 Å². The third-order valence-corrected chi connectivity index (χ3v) is 2.24. The van der Waals surface area contributed by atoms with Crippen molar-refractivity contribution in [3.05, 3.63) is 46.0 Å². The third kappa shape index (κ3) is 1.38. The van der Waals surface area contributed by atoms with Gasteiger partial charge in [0.05, 0.1) is 1.37 Å². The van der Waals surface area contributed by atoms with Gasteiger partial charge in [-0.05, 0) is 45.5 Å². The highest BCUT2D eigenvalue weighted by Gasteiger charge is 1.90. The number of benzene rings is 2. The fourth-order valence-electron chi connectivity index (χ4n) is 1.09. The van der Waals surface area contributed by atoms with Crippen LogP contribution in [0.25, 0.3) is 10.8 Å². The van der Waals surface area contributed by atoms with Crippen LogP contribution in [-0.2, 0) is 0 Å². The molecule has 0 unspecified atom stereocenters. The molecule has 0 aromatic heterocycles. The van der Waals surface area contributed by atoms with Crippen LogP contribution in [0.15, 0.2) is 42.4 Å². The first-order chi connectivity index (χ1) is 5.77. The van der Waals surface area contributed by atoms with Gasteiger partial charge in [-0.1, -0.05) is 30.3 Å². The highest BCUT2D eigenvalue weighted by Crippen LogP contribution is 2.16. The zero-order valence-corrected chi connectivity index (χ0v) is 8.00. The summed E-state index contributed by atoms with van der Waals surface area (Å²) in [5.74, 6) is 0. The van der Waals surface area contributed by atoms with Crippen LogP contribution in [0.1, 0.15) is 1.37 Å². The summed E-state index contributed by atoms with van der Waals surface area (Å²) >= 11 is 2.23. The Balaban J connectivity index is 2.89. The van der Waals surface area contributed by atoms with E-state index in [-0.39, 0.29) is 0 Å². The minimum absolute atomic E-state index is 0.609. The maximum Gasteiger partial charge on any atom is 0.0630 e. The summed E-state index contributed by atoms with van der Waals surface area (Å²) in [5.41, 5.74) is 0. The van der Waals surface area contributed by atoms with Crippen molar-refractivity contribution in [3.8, 4) is 0 Å². The average molecular weight is 255 g/mol. The summed E-state index contributed by atoms with van der Waals surface area (Å²) in [7, 11) is 0. The quantitative estimate of drug-likeness (QED) is 0.632. The molecule has 0 saturated carbocycles. The van der Waals surface area contributed by atoms with Crippen molar-refractivity contribution in [1.29, 1.82) is 0 Å². The molecule has 0 amide bonds. The van der Waals surface area contributed by atoms with E-state index in [0.717, 1.165) is 14.3 Å². The smallest absolute Gasteiger partial charge is 0.0616 e. The van der Waals surface area contributed by atoms with E-state index in [1.165, 1.54) is 0 Å². The van der Waals surface area contributed by atoms with Gasteiger partial charge in [0.25, 0.3) is 0 Å². The Morgan fingerprint density at radius 3 is 2.64 bits per heavy atom. The summed E-state index contributed by atoms with van der Waals surface area (Å²) in [6.07, 6.45) is 0. The van der Waals surface area contributed by atoms with E-state index < -0.39 is 0 Å². The molecule has 0 atom stereocenters. The van der Waals surface area contributed by atoms with Crippen molar-refractivity contribution >= 4 is 33.4 Å². The van der Waals surface area contributed by atoms with Gasteiger partial charge >= 0.3 is 0 Å². The van der Waals surface area contributed by atoms with Gasteiger partial charge in [-0.3, -0.25) is 0 Å². The van der Waals surface area contributed by atoms with Gasteiger partial charge in [0, 0.05) is 3.57 Å². The molecule has 0 fully saturated rings. The van der Waals surface area contributed by atoms with E-state index in [1.807, 2.05) is 30.3 Å². The predicted molar refractivity (Wildman–Crippen MR) is 56.7 cm³/mol. The monoisotopic (exact) mass is 255 g/mol. The topological polar surface area (TPSA) is 0 Å². The molecule has 0 radical (unpaired) electrons. The molecule has 0 bridgehead atoms. The molecule has 0 spiro atoms. The maximum atomic E-state index is 7.70. The third-order valence-electron chi connectivity index (χ3n) is 1.62. The van der Waals surface area contributed by atoms with Gasteiger partial charge in [0.15, 0.2) is 0 Å². The zero-order chi connectivity index (χ0) is 8.55. The second-order valence-electron chi connectivity index (χ2n) is 2.41. The number of rotatable bonds is 0. The Labute approximate surface area is 80.8 Å². The van der Waals surface area contributed by atoms with Gasteiger partial charge in [0.1, 0.15) is 0 Å². The van der Waals surface area contributed by atoms with E-state index in [1.54, 1.807) is 0 Å². The summed E-state index contributed by atoms with van der Waals surface area (Å²) in [5, 5.41) is 2.17. The summed E-state index contributed by atoms with van der Waals surface area (Å²) < 4.78 is 8.82. The lowest BCUT2D eigenvalue weighted by Crippen LogP contribution is -1.72. The summed E-state index contributed by atoms with van der Waals surface area (Å²) in [6.45, 7) is 0. The second-order valence-corrected chi connectivity index (χ2v) is 3.65. The summed E-state index contributed by atoms with van der Waals surface area (Å²) in [4.78, 5) is 0. The first-order valence-electron chi connectivity index (χ1n) is 3.92. The van der Waals surface area contributed by atoms with Gasteiger partial charge < -0.3 is 0 Å². The number of hydrogen-bond donors (Lipinski definition) is 0. The van der Waals surface area contributed by atoms with Crippen LogP contribution < -0.4 is 0 Å². The summed E-state index contributed by atoms with van der Waals surface area (Å²) in [6, 6.07) is 12.6. The van der Waals surface area contributed by atoms with Gasteiger partial charge in [0.2, 0.25) is 0 Å². The van der Waals surface area contributed by atoms with E-state index in [4.69, 9.17) is 1.37 Å². The minimum atomic E-state index is 0.609. The van der Waals surface area contributed by atoms with E-state index in [2.05, 4.69) is 28.7 Å². The first kappa shape index (κ1) is 6.00. The number of fused-ring (bicyclic) bond motifs is 1. The fraction of sp³-hybridized carbons (Fsp3) is 0. The van der Waals surface area contributed by atoms with Crippen LogP contribution in [0.4, 0.5) is 0 Å². The van der Waals surface area contributed by atoms with Crippen molar-refractivity contribution in [2.45, 2.75) is 0 Å². The van der Waals surface area contributed by atoms with Crippen LogP contribution in [0.2, 0.25) is 0 Å². The second kappa shape index (κ2) is 2.81. The molecule has 0 aliphatic carbocycles. The molecule has 11 heavy (non-hydrogen) atoms. The zero-order valence-electron chi connectivity index (χ0n) is 6.84. The minimum Gasteiger partial charge on any atom is -0.0616 e. The molecule has 0 nitrogen and oxygen atoms in total. The van der Waals surface area contributed by atoms with Crippen LogP contribution >= 0.6 is 22.6 Å². The van der Waals surface area contributed by atoms with E-state index in [0.29, 0.717) is 6.04 Å². The SMILES string of the molecule is [2H]c1cc(I)cc2ccccc12. The Kier molecular flexibility index (Phi) is 1.54.